The summed E-state index contributed by atoms with van der Waals surface area (Å²) in [6.45, 7) is 8.13. The van der Waals surface area contributed by atoms with Crippen LogP contribution in [0.1, 0.15) is 30.7 Å². The molecule has 0 amide bonds. The van der Waals surface area contributed by atoms with E-state index in [0.29, 0.717) is 31.1 Å². The van der Waals surface area contributed by atoms with Gasteiger partial charge in [-0.05, 0) is 24.0 Å². The minimum Gasteiger partial charge on any atom is -0.375 e. The molecular formula is C20H26F3N3O. The molecule has 2 aromatic rings. The van der Waals surface area contributed by atoms with Crippen LogP contribution in [0.2, 0.25) is 0 Å². The van der Waals surface area contributed by atoms with Gasteiger partial charge in [0.1, 0.15) is 0 Å². The molecule has 0 unspecified atom stereocenters. The van der Waals surface area contributed by atoms with Gasteiger partial charge in [-0.15, -0.1) is 0 Å². The predicted octanol–water partition coefficient (Wildman–Crippen LogP) is 4.00. The molecule has 1 aromatic carbocycles. The number of ether oxygens (including phenoxy) is 1. The molecule has 7 heteroatoms. The van der Waals surface area contributed by atoms with Gasteiger partial charge in [-0.1, -0.05) is 32.0 Å². The second-order valence-electron chi connectivity index (χ2n) is 7.56. The van der Waals surface area contributed by atoms with E-state index in [9.17, 15) is 13.2 Å². The van der Waals surface area contributed by atoms with Gasteiger partial charge >= 0.3 is 6.18 Å². The van der Waals surface area contributed by atoms with E-state index in [1.165, 1.54) is 12.1 Å². The van der Waals surface area contributed by atoms with E-state index in [0.717, 1.165) is 31.4 Å². The number of rotatable bonds is 6. The van der Waals surface area contributed by atoms with Crippen molar-refractivity contribution in [2.24, 2.45) is 5.92 Å². The van der Waals surface area contributed by atoms with Gasteiger partial charge in [0, 0.05) is 32.4 Å². The van der Waals surface area contributed by atoms with Crippen LogP contribution < -0.4 is 0 Å². The first-order valence-corrected chi connectivity index (χ1v) is 9.30. The van der Waals surface area contributed by atoms with E-state index < -0.39 is 11.7 Å². The van der Waals surface area contributed by atoms with Crippen molar-refractivity contribution in [3.63, 3.8) is 0 Å². The SMILES string of the molecule is CC(C)Cn1cncc1CN1CCO[C@H](Cc2cccc(C(F)(F)F)c2)C1. The summed E-state index contributed by atoms with van der Waals surface area (Å²) in [5.41, 5.74) is 1.20. The van der Waals surface area contributed by atoms with Gasteiger partial charge in [-0.3, -0.25) is 4.90 Å². The smallest absolute Gasteiger partial charge is 0.375 e. The number of aromatic nitrogens is 2. The van der Waals surface area contributed by atoms with Crippen LogP contribution in [-0.4, -0.2) is 40.3 Å². The first-order chi connectivity index (χ1) is 12.8. The normalized spacial score (nSPS) is 19.0. The number of hydrogen-bond acceptors (Lipinski definition) is 3. The maximum Gasteiger partial charge on any atom is 0.416 e. The number of imidazole rings is 1. The maximum atomic E-state index is 12.9. The van der Waals surface area contributed by atoms with Crippen molar-refractivity contribution in [2.75, 3.05) is 19.7 Å². The molecule has 0 aliphatic carbocycles. The molecule has 1 saturated heterocycles. The molecular weight excluding hydrogens is 355 g/mol. The van der Waals surface area contributed by atoms with E-state index in [4.69, 9.17) is 4.74 Å². The average Bonchev–Trinajstić information content (AvgIpc) is 3.01. The van der Waals surface area contributed by atoms with Crippen molar-refractivity contribution in [2.45, 2.75) is 45.6 Å². The minimum absolute atomic E-state index is 0.108. The minimum atomic E-state index is -4.32. The average molecular weight is 381 g/mol. The highest BCUT2D eigenvalue weighted by Crippen LogP contribution is 2.30. The fraction of sp³-hybridized carbons (Fsp3) is 0.550. The van der Waals surface area contributed by atoms with E-state index >= 15 is 0 Å². The molecule has 1 aliphatic rings. The number of hydrogen-bond donors (Lipinski definition) is 0. The van der Waals surface area contributed by atoms with Crippen molar-refractivity contribution in [1.29, 1.82) is 0 Å². The van der Waals surface area contributed by atoms with E-state index in [1.54, 1.807) is 6.07 Å². The number of halogens is 3. The Morgan fingerprint density at radius 2 is 2.11 bits per heavy atom. The second-order valence-corrected chi connectivity index (χ2v) is 7.56. The second kappa shape index (κ2) is 8.44. The van der Waals surface area contributed by atoms with Gasteiger partial charge < -0.3 is 9.30 Å². The van der Waals surface area contributed by atoms with Crippen LogP contribution in [0.3, 0.4) is 0 Å². The molecule has 1 atom stereocenters. The number of alkyl halides is 3. The molecule has 1 aromatic heterocycles. The lowest BCUT2D eigenvalue weighted by Crippen LogP contribution is -2.43. The summed E-state index contributed by atoms with van der Waals surface area (Å²) in [5.74, 6) is 0.538. The van der Waals surface area contributed by atoms with Crippen molar-refractivity contribution < 1.29 is 17.9 Å². The van der Waals surface area contributed by atoms with Crippen LogP contribution in [-0.2, 0) is 30.4 Å². The molecule has 0 saturated carbocycles. The Morgan fingerprint density at radius 3 is 2.85 bits per heavy atom. The predicted molar refractivity (Wildman–Crippen MR) is 97.2 cm³/mol. The van der Waals surface area contributed by atoms with E-state index in [2.05, 4.69) is 28.3 Å². The Kier molecular flexibility index (Phi) is 6.22. The van der Waals surface area contributed by atoms with Gasteiger partial charge in [0.05, 0.1) is 30.3 Å². The molecule has 2 heterocycles. The number of morpholine rings is 1. The molecule has 1 aliphatic heterocycles. The third-order valence-electron chi connectivity index (χ3n) is 4.69. The van der Waals surface area contributed by atoms with Crippen molar-refractivity contribution in [1.82, 2.24) is 14.5 Å². The zero-order chi connectivity index (χ0) is 19.4. The molecule has 1 fully saturated rings. The molecule has 0 bridgehead atoms. The van der Waals surface area contributed by atoms with Crippen molar-refractivity contribution >= 4 is 0 Å². The maximum absolute atomic E-state index is 12.9. The molecule has 0 radical (unpaired) electrons. The zero-order valence-corrected chi connectivity index (χ0v) is 15.7. The Balaban J connectivity index is 1.61. The van der Waals surface area contributed by atoms with Crippen LogP contribution in [0.5, 0.6) is 0 Å². The lowest BCUT2D eigenvalue weighted by atomic mass is 10.0. The Labute approximate surface area is 158 Å². The summed E-state index contributed by atoms with van der Waals surface area (Å²) in [6, 6.07) is 5.52. The third-order valence-corrected chi connectivity index (χ3v) is 4.69. The highest BCUT2D eigenvalue weighted by atomic mass is 19.4. The van der Waals surface area contributed by atoms with Gasteiger partial charge in [0.2, 0.25) is 0 Å². The fourth-order valence-corrected chi connectivity index (χ4v) is 3.45. The van der Waals surface area contributed by atoms with E-state index in [1.807, 2.05) is 12.5 Å². The van der Waals surface area contributed by atoms with Gasteiger partial charge in [-0.2, -0.15) is 13.2 Å². The zero-order valence-electron chi connectivity index (χ0n) is 15.7. The molecule has 4 nitrogen and oxygen atoms in total. The molecule has 0 spiro atoms. The quantitative estimate of drug-likeness (QED) is 0.758. The summed E-state index contributed by atoms with van der Waals surface area (Å²) in [6.07, 6.45) is -0.199. The molecule has 0 N–H and O–H groups in total. The van der Waals surface area contributed by atoms with Crippen LogP contribution in [0.15, 0.2) is 36.8 Å². The fourth-order valence-electron chi connectivity index (χ4n) is 3.45. The lowest BCUT2D eigenvalue weighted by molar-refractivity contribution is -0.137. The first-order valence-electron chi connectivity index (χ1n) is 9.30. The van der Waals surface area contributed by atoms with Crippen LogP contribution in [0, 0.1) is 5.92 Å². The standard InChI is InChI=1S/C20H26F3N3O/c1-15(2)11-26-14-24-10-18(26)12-25-6-7-27-19(13-25)9-16-4-3-5-17(8-16)20(21,22)23/h3-5,8,10,14-15,19H,6-7,9,11-13H2,1-2H3/t19-/m1/s1. The summed E-state index contributed by atoms with van der Waals surface area (Å²) < 4.78 is 46.7. The molecule has 3 rings (SSSR count). The van der Waals surface area contributed by atoms with Gasteiger partial charge in [0.25, 0.3) is 0 Å². The van der Waals surface area contributed by atoms with Crippen LogP contribution >= 0.6 is 0 Å². The summed E-state index contributed by atoms with van der Waals surface area (Å²) in [7, 11) is 0. The monoisotopic (exact) mass is 381 g/mol. The van der Waals surface area contributed by atoms with Crippen LogP contribution in [0.4, 0.5) is 13.2 Å². The third kappa shape index (κ3) is 5.56. The van der Waals surface area contributed by atoms with Crippen molar-refractivity contribution in [3.05, 3.63) is 53.6 Å². The Bertz CT molecular complexity index is 742. The summed E-state index contributed by atoms with van der Waals surface area (Å²) >= 11 is 0. The largest absolute Gasteiger partial charge is 0.416 e. The van der Waals surface area contributed by atoms with Gasteiger partial charge in [-0.25, -0.2) is 4.98 Å². The Hall–Kier alpha value is -1.86. The molecule has 148 valence electrons. The van der Waals surface area contributed by atoms with E-state index in [-0.39, 0.29) is 6.10 Å². The lowest BCUT2D eigenvalue weighted by Gasteiger charge is -2.33. The van der Waals surface area contributed by atoms with Crippen LogP contribution in [0.25, 0.3) is 0 Å². The first kappa shape index (κ1) is 19.9. The highest BCUT2D eigenvalue weighted by Gasteiger charge is 2.30. The topological polar surface area (TPSA) is 30.3 Å². The summed E-state index contributed by atoms with van der Waals surface area (Å²) in [5, 5.41) is 0. The molecule has 27 heavy (non-hydrogen) atoms. The number of benzene rings is 1. The Morgan fingerprint density at radius 1 is 1.30 bits per heavy atom. The summed E-state index contributed by atoms with van der Waals surface area (Å²) in [4.78, 5) is 6.55. The van der Waals surface area contributed by atoms with Gasteiger partial charge in [0.15, 0.2) is 0 Å². The number of nitrogens with zero attached hydrogens (tertiary/aromatic N) is 3. The van der Waals surface area contributed by atoms with Crippen molar-refractivity contribution in [3.8, 4) is 0 Å². The highest BCUT2D eigenvalue weighted by molar-refractivity contribution is 5.26.